The normalized spacial score (nSPS) is 14.2. The summed E-state index contributed by atoms with van der Waals surface area (Å²) in [5.74, 6) is 0.0248. The van der Waals surface area contributed by atoms with Crippen LogP contribution in [0.1, 0.15) is 30.7 Å². The third-order valence-corrected chi connectivity index (χ3v) is 5.91. The van der Waals surface area contributed by atoms with Gasteiger partial charge in [0, 0.05) is 18.4 Å². The molecule has 0 radical (unpaired) electrons. The number of anilines is 2. The Morgan fingerprint density at radius 2 is 1.89 bits per heavy atom. The quantitative estimate of drug-likeness (QED) is 0.400. The summed E-state index contributed by atoms with van der Waals surface area (Å²) in [6.45, 7) is 2.64. The van der Waals surface area contributed by atoms with Crippen LogP contribution in [0.5, 0.6) is 0 Å². The molecule has 0 spiro atoms. The van der Waals surface area contributed by atoms with Gasteiger partial charge in [0.25, 0.3) is 5.56 Å². The second kappa shape index (κ2) is 8.70. The van der Waals surface area contributed by atoms with Gasteiger partial charge in [0.05, 0.1) is 5.69 Å². The zero-order chi connectivity index (χ0) is 25.7. The van der Waals surface area contributed by atoms with Crippen LogP contribution in [0, 0.1) is 0 Å². The number of nitrogens with one attached hydrogen (secondary N) is 2. The highest BCUT2D eigenvalue weighted by Crippen LogP contribution is 2.26. The molecule has 5 rings (SSSR count). The Bertz CT molecular complexity index is 1500. The van der Waals surface area contributed by atoms with Crippen molar-refractivity contribution >= 4 is 22.7 Å². The fourth-order valence-corrected chi connectivity index (χ4v) is 4.19. The number of benzene rings is 1. The number of hydrogen-bond donors (Lipinski definition) is 2. The highest BCUT2D eigenvalue weighted by atomic mass is 19.4. The van der Waals surface area contributed by atoms with E-state index in [1.165, 1.54) is 49.4 Å². The summed E-state index contributed by atoms with van der Waals surface area (Å²) in [5, 5.41) is 6.25. The lowest BCUT2D eigenvalue weighted by atomic mass is 10.0. The SMILES string of the molecule is CC(C)(F)c1cccc(-n2c3nc(Nc4ccc5c(c4)CCNC5)ncc3c(=O)n2CC(F)(F)F)n1. The molecule has 3 aromatic heterocycles. The third-order valence-electron chi connectivity index (χ3n) is 5.91. The summed E-state index contributed by atoms with van der Waals surface area (Å²) in [5.41, 5.74) is 0.206. The number of rotatable bonds is 5. The maximum absolute atomic E-state index is 14.6. The van der Waals surface area contributed by atoms with Gasteiger partial charge in [-0.2, -0.15) is 18.2 Å². The number of pyridine rings is 1. The molecule has 2 N–H and O–H groups in total. The minimum atomic E-state index is -4.70. The first-order valence-electron chi connectivity index (χ1n) is 11.3. The van der Waals surface area contributed by atoms with Gasteiger partial charge in [0.2, 0.25) is 5.95 Å². The number of halogens is 4. The van der Waals surface area contributed by atoms with Crippen LogP contribution in [-0.2, 0) is 25.2 Å². The average Bonchev–Trinajstić information content (AvgIpc) is 3.08. The zero-order valence-electron chi connectivity index (χ0n) is 19.5. The summed E-state index contributed by atoms with van der Waals surface area (Å²) in [6, 6.07) is 10.1. The van der Waals surface area contributed by atoms with Crippen LogP contribution in [0.3, 0.4) is 0 Å². The second-order valence-electron chi connectivity index (χ2n) is 9.11. The number of alkyl halides is 4. The van der Waals surface area contributed by atoms with Crippen LogP contribution >= 0.6 is 0 Å². The van der Waals surface area contributed by atoms with Crippen molar-refractivity contribution < 1.29 is 17.6 Å². The summed E-state index contributed by atoms with van der Waals surface area (Å²) in [7, 11) is 0. The van der Waals surface area contributed by atoms with E-state index in [4.69, 9.17) is 0 Å². The molecule has 8 nitrogen and oxygen atoms in total. The molecule has 0 atom stereocenters. The van der Waals surface area contributed by atoms with E-state index in [2.05, 4.69) is 25.6 Å². The van der Waals surface area contributed by atoms with Gasteiger partial charge in [-0.15, -0.1) is 0 Å². The van der Waals surface area contributed by atoms with Crippen molar-refractivity contribution in [3.63, 3.8) is 0 Å². The van der Waals surface area contributed by atoms with Crippen LogP contribution in [-0.4, -0.2) is 37.0 Å². The van der Waals surface area contributed by atoms with Crippen LogP contribution in [0.2, 0.25) is 0 Å². The lowest BCUT2D eigenvalue weighted by Gasteiger charge is -2.18. The molecule has 0 fully saturated rings. The molecular formula is C24H23F4N7O. The van der Waals surface area contributed by atoms with Gasteiger partial charge in [-0.25, -0.2) is 23.7 Å². The molecule has 1 aliphatic heterocycles. The van der Waals surface area contributed by atoms with Crippen molar-refractivity contribution in [1.29, 1.82) is 0 Å². The van der Waals surface area contributed by atoms with Gasteiger partial charge in [-0.05, 0) is 62.2 Å². The first-order chi connectivity index (χ1) is 17.0. The largest absolute Gasteiger partial charge is 0.408 e. The second-order valence-corrected chi connectivity index (χ2v) is 9.11. The molecule has 0 unspecified atom stereocenters. The fraction of sp³-hybridized carbons (Fsp3) is 0.333. The Hall–Kier alpha value is -3.80. The topological polar surface area (TPSA) is 89.7 Å². The van der Waals surface area contributed by atoms with E-state index in [-0.39, 0.29) is 28.5 Å². The highest BCUT2D eigenvalue weighted by Gasteiger charge is 2.32. The summed E-state index contributed by atoms with van der Waals surface area (Å²) < 4.78 is 56.3. The maximum Gasteiger partial charge on any atom is 0.408 e. The fourth-order valence-electron chi connectivity index (χ4n) is 4.19. The maximum atomic E-state index is 14.6. The Morgan fingerprint density at radius 1 is 1.08 bits per heavy atom. The summed E-state index contributed by atoms with van der Waals surface area (Å²) >= 11 is 0. The van der Waals surface area contributed by atoms with Gasteiger partial charge in [-0.1, -0.05) is 12.1 Å². The van der Waals surface area contributed by atoms with Gasteiger partial charge in [0.1, 0.15) is 17.6 Å². The Balaban J connectivity index is 1.64. The van der Waals surface area contributed by atoms with Crippen LogP contribution < -0.4 is 16.2 Å². The lowest BCUT2D eigenvalue weighted by Crippen LogP contribution is -2.30. The molecule has 0 bridgehead atoms. The van der Waals surface area contributed by atoms with E-state index in [9.17, 15) is 22.4 Å². The van der Waals surface area contributed by atoms with Crippen molar-refractivity contribution in [2.24, 2.45) is 0 Å². The van der Waals surface area contributed by atoms with Gasteiger partial charge < -0.3 is 10.6 Å². The smallest absolute Gasteiger partial charge is 0.324 e. The Labute approximate surface area is 203 Å². The molecule has 4 aromatic rings. The lowest BCUT2D eigenvalue weighted by molar-refractivity contribution is -0.144. The number of hydrogen-bond acceptors (Lipinski definition) is 6. The third kappa shape index (κ3) is 4.68. The monoisotopic (exact) mass is 501 g/mol. The first-order valence-corrected chi connectivity index (χ1v) is 11.3. The van der Waals surface area contributed by atoms with Crippen molar-refractivity contribution in [3.05, 3.63) is 69.8 Å². The predicted octanol–water partition coefficient (Wildman–Crippen LogP) is 4.13. The molecule has 0 amide bonds. The Kier molecular flexibility index (Phi) is 5.78. The van der Waals surface area contributed by atoms with Crippen LogP contribution in [0.15, 0.2) is 47.4 Å². The van der Waals surface area contributed by atoms with E-state index in [1.807, 2.05) is 18.2 Å². The molecule has 1 aromatic carbocycles. The van der Waals surface area contributed by atoms with Gasteiger partial charge >= 0.3 is 6.18 Å². The predicted molar refractivity (Wildman–Crippen MR) is 126 cm³/mol. The molecule has 0 saturated carbocycles. The molecule has 188 valence electrons. The summed E-state index contributed by atoms with van der Waals surface area (Å²) in [4.78, 5) is 25.7. The van der Waals surface area contributed by atoms with Gasteiger partial charge in [-0.3, -0.25) is 4.79 Å². The Morgan fingerprint density at radius 3 is 2.64 bits per heavy atom. The molecule has 0 aliphatic carbocycles. The zero-order valence-corrected chi connectivity index (χ0v) is 19.5. The van der Waals surface area contributed by atoms with E-state index in [0.717, 1.165) is 24.2 Å². The summed E-state index contributed by atoms with van der Waals surface area (Å²) in [6.07, 6.45) is -2.65. The van der Waals surface area contributed by atoms with Crippen molar-refractivity contribution in [2.75, 3.05) is 11.9 Å². The molecule has 0 saturated heterocycles. The van der Waals surface area contributed by atoms with Crippen LogP contribution in [0.4, 0.5) is 29.2 Å². The number of fused-ring (bicyclic) bond motifs is 2. The highest BCUT2D eigenvalue weighted by molar-refractivity contribution is 5.77. The standard InChI is InChI=1S/C24H23F4N7O/c1-23(2,25)18-4-3-5-19(32-18)35-20-17(21(36)34(35)13-24(26,27)28)12-30-22(33-20)31-16-7-6-15-11-29-9-8-14(15)10-16/h3-7,10,12,29H,8-9,11,13H2,1-2H3,(H,30,31,33). The average molecular weight is 501 g/mol. The van der Waals surface area contributed by atoms with E-state index >= 15 is 0 Å². The number of aromatic nitrogens is 5. The van der Waals surface area contributed by atoms with Crippen molar-refractivity contribution in [2.45, 2.75) is 45.2 Å². The van der Waals surface area contributed by atoms with E-state index < -0.39 is 23.9 Å². The van der Waals surface area contributed by atoms with Crippen LogP contribution in [0.25, 0.3) is 16.9 Å². The number of nitrogens with zero attached hydrogens (tertiary/aromatic N) is 5. The molecule has 4 heterocycles. The minimum Gasteiger partial charge on any atom is -0.324 e. The molecular weight excluding hydrogens is 478 g/mol. The minimum absolute atomic E-state index is 0.00353. The van der Waals surface area contributed by atoms with E-state index in [0.29, 0.717) is 10.4 Å². The van der Waals surface area contributed by atoms with Crippen molar-refractivity contribution in [3.8, 4) is 5.82 Å². The molecule has 36 heavy (non-hydrogen) atoms. The van der Waals surface area contributed by atoms with Crippen molar-refractivity contribution in [1.82, 2.24) is 29.6 Å². The van der Waals surface area contributed by atoms with E-state index in [1.54, 1.807) is 0 Å². The first kappa shape index (κ1) is 23.9. The molecule has 1 aliphatic rings. The van der Waals surface area contributed by atoms with Gasteiger partial charge in [0.15, 0.2) is 11.5 Å². The molecule has 12 heteroatoms.